The lowest BCUT2D eigenvalue weighted by Gasteiger charge is -2.10. The SMILES string of the molecule is CN(C)CCOc1ccc(/C=C/C(=O)c2cccnc2)cc1. The maximum Gasteiger partial charge on any atom is 0.187 e. The van der Waals surface area contributed by atoms with Crippen molar-refractivity contribution in [3.05, 3.63) is 66.0 Å². The normalized spacial score (nSPS) is 11.0. The molecule has 2 aromatic rings. The first-order valence-corrected chi connectivity index (χ1v) is 7.15. The van der Waals surface area contributed by atoms with Crippen molar-refractivity contribution in [2.24, 2.45) is 0 Å². The molecule has 114 valence electrons. The van der Waals surface area contributed by atoms with Gasteiger partial charge in [-0.3, -0.25) is 9.78 Å². The molecule has 0 aliphatic rings. The van der Waals surface area contributed by atoms with Crippen LogP contribution in [0, 0.1) is 0 Å². The van der Waals surface area contributed by atoms with E-state index in [0.717, 1.165) is 17.9 Å². The van der Waals surface area contributed by atoms with Crippen LogP contribution < -0.4 is 4.74 Å². The lowest BCUT2D eigenvalue weighted by molar-refractivity contribution is 0.104. The number of rotatable bonds is 7. The second kappa shape index (κ2) is 8.10. The van der Waals surface area contributed by atoms with Crippen molar-refractivity contribution in [1.29, 1.82) is 0 Å². The number of benzene rings is 1. The molecule has 0 spiro atoms. The predicted molar refractivity (Wildman–Crippen MR) is 88.1 cm³/mol. The molecule has 22 heavy (non-hydrogen) atoms. The Morgan fingerprint density at radius 2 is 2.00 bits per heavy atom. The molecule has 4 heteroatoms. The lowest BCUT2D eigenvalue weighted by Crippen LogP contribution is -2.19. The van der Waals surface area contributed by atoms with Gasteiger partial charge in [-0.2, -0.15) is 0 Å². The zero-order valence-corrected chi connectivity index (χ0v) is 12.9. The highest BCUT2D eigenvalue weighted by Crippen LogP contribution is 2.13. The van der Waals surface area contributed by atoms with Gasteiger partial charge in [-0.05, 0) is 50.0 Å². The van der Waals surface area contributed by atoms with Gasteiger partial charge >= 0.3 is 0 Å². The van der Waals surface area contributed by atoms with Crippen molar-refractivity contribution in [1.82, 2.24) is 9.88 Å². The first-order valence-electron chi connectivity index (χ1n) is 7.15. The molecule has 0 N–H and O–H groups in total. The summed E-state index contributed by atoms with van der Waals surface area (Å²) in [5.41, 5.74) is 1.54. The molecule has 1 heterocycles. The summed E-state index contributed by atoms with van der Waals surface area (Å²) in [5, 5.41) is 0. The highest BCUT2D eigenvalue weighted by Gasteiger charge is 2.00. The average molecular weight is 296 g/mol. The van der Waals surface area contributed by atoms with Gasteiger partial charge in [0.05, 0.1) is 0 Å². The third kappa shape index (κ3) is 5.14. The molecule has 0 unspecified atom stereocenters. The van der Waals surface area contributed by atoms with E-state index < -0.39 is 0 Å². The topological polar surface area (TPSA) is 42.4 Å². The van der Waals surface area contributed by atoms with Crippen LogP contribution in [-0.4, -0.2) is 42.9 Å². The number of likely N-dealkylation sites (N-methyl/N-ethyl adjacent to an activating group) is 1. The number of allylic oxidation sites excluding steroid dienone is 1. The molecule has 0 bridgehead atoms. The van der Waals surface area contributed by atoms with Gasteiger partial charge in [0.2, 0.25) is 0 Å². The van der Waals surface area contributed by atoms with Crippen LogP contribution in [0.5, 0.6) is 5.75 Å². The number of carbonyl (C=O) groups excluding carboxylic acids is 1. The Bertz CT molecular complexity index is 619. The summed E-state index contributed by atoms with van der Waals surface area (Å²) in [4.78, 5) is 17.9. The summed E-state index contributed by atoms with van der Waals surface area (Å²) < 4.78 is 5.63. The van der Waals surface area contributed by atoms with Gasteiger partial charge < -0.3 is 9.64 Å². The summed E-state index contributed by atoms with van der Waals surface area (Å²) in [6.45, 7) is 1.53. The van der Waals surface area contributed by atoms with Crippen LogP contribution in [0.3, 0.4) is 0 Å². The zero-order chi connectivity index (χ0) is 15.8. The van der Waals surface area contributed by atoms with E-state index in [2.05, 4.69) is 9.88 Å². The van der Waals surface area contributed by atoms with Gasteiger partial charge in [-0.1, -0.05) is 18.2 Å². The van der Waals surface area contributed by atoms with Crippen molar-refractivity contribution < 1.29 is 9.53 Å². The predicted octanol–water partition coefficient (Wildman–Crippen LogP) is 2.92. The average Bonchev–Trinajstić information content (AvgIpc) is 2.54. The van der Waals surface area contributed by atoms with Crippen molar-refractivity contribution in [2.75, 3.05) is 27.2 Å². The minimum Gasteiger partial charge on any atom is -0.492 e. The van der Waals surface area contributed by atoms with E-state index in [1.165, 1.54) is 0 Å². The Kier molecular flexibility index (Phi) is 5.86. The van der Waals surface area contributed by atoms with Crippen LogP contribution in [-0.2, 0) is 0 Å². The minimum atomic E-state index is -0.0561. The third-order valence-electron chi connectivity index (χ3n) is 3.06. The third-order valence-corrected chi connectivity index (χ3v) is 3.06. The Hall–Kier alpha value is -2.46. The fourth-order valence-electron chi connectivity index (χ4n) is 1.80. The first-order chi connectivity index (χ1) is 10.6. The molecule has 0 saturated heterocycles. The molecule has 0 atom stereocenters. The van der Waals surface area contributed by atoms with E-state index in [1.807, 2.05) is 38.4 Å². The number of nitrogens with zero attached hydrogens (tertiary/aromatic N) is 2. The van der Waals surface area contributed by atoms with Crippen molar-refractivity contribution in [2.45, 2.75) is 0 Å². The molecule has 2 rings (SSSR count). The van der Waals surface area contributed by atoms with E-state index in [0.29, 0.717) is 12.2 Å². The number of carbonyl (C=O) groups is 1. The second-order valence-electron chi connectivity index (χ2n) is 5.16. The summed E-state index contributed by atoms with van der Waals surface area (Å²) in [7, 11) is 4.02. The molecule has 1 aromatic carbocycles. The lowest BCUT2D eigenvalue weighted by atomic mass is 10.1. The van der Waals surface area contributed by atoms with Crippen LogP contribution >= 0.6 is 0 Å². The molecular weight excluding hydrogens is 276 g/mol. The molecule has 0 amide bonds. The van der Waals surface area contributed by atoms with E-state index in [-0.39, 0.29) is 5.78 Å². The Balaban J connectivity index is 1.91. The number of pyridine rings is 1. The smallest absolute Gasteiger partial charge is 0.187 e. The van der Waals surface area contributed by atoms with Gasteiger partial charge in [0.15, 0.2) is 5.78 Å². The van der Waals surface area contributed by atoms with E-state index in [4.69, 9.17) is 4.74 Å². The monoisotopic (exact) mass is 296 g/mol. The number of ether oxygens (including phenoxy) is 1. The number of aromatic nitrogens is 1. The van der Waals surface area contributed by atoms with Gasteiger partial charge in [0.1, 0.15) is 12.4 Å². The zero-order valence-electron chi connectivity index (χ0n) is 12.9. The molecule has 0 aliphatic heterocycles. The maximum absolute atomic E-state index is 11.9. The standard InChI is InChI=1S/C18H20N2O2/c1-20(2)12-13-22-17-8-5-15(6-9-17)7-10-18(21)16-4-3-11-19-14-16/h3-11,14H,12-13H2,1-2H3/b10-7+. The highest BCUT2D eigenvalue weighted by molar-refractivity contribution is 6.06. The number of ketones is 1. The van der Waals surface area contributed by atoms with Gasteiger partial charge in [-0.15, -0.1) is 0 Å². The Labute approximate surface area is 131 Å². The fraction of sp³-hybridized carbons (Fsp3) is 0.222. The van der Waals surface area contributed by atoms with Gasteiger partial charge in [0, 0.05) is 24.5 Å². The molecule has 0 saturated carbocycles. The molecule has 0 aliphatic carbocycles. The highest BCUT2D eigenvalue weighted by atomic mass is 16.5. The van der Waals surface area contributed by atoms with Crippen molar-refractivity contribution in [3.63, 3.8) is 0 Å². The summed E-state index contributed by atoms with van der Waals surface area (Å²) in [5.74, 6) is 0.775. The van der Waals surface area contributed by atoms with Crippen LogP contribution in [0.1, 0.15) is 15.9 Å². The Morgan fingerprint density at radius 1 is 1.23 bits per heavy atom. The van der Waals surface area contributed by atoms with E-state index in [1.54, 1.807) is 36.7 Å². The molecular formula is C18H20N2O2. The Morgan fingerprint density at radius 3 is 2.64 bits per heavy atom. The van der Waals surface area contributed by atoms with Crippen molar-refractivity contribution >= 4 is 11.9 Å². The van der Waals surface area contributed by atoms with E-state index in [9.17, 15) is 4.79 Å². The molecule has 0 fully saturated rings. The largest absolute Gasteiger partial charge is 0.492 e. The first kappa shape index (κ1) is 15.9. The van der Waals surface area contributed by atoms with Crippen LogP contribution in [0.25, 0.3) is 6.08 Å². The number of hydrogen-bond donors (Lipinski definition) is 0. The number of hydrogen-bond acceptors (Lipinski definition) is 4. The van der Waals surface area contributed by atoms with Crippen LogP contribution in [0.4, 0.5) is 0 Å². The van der Waals surface area contributed by atoms with E-state index >= 15 is 0 Å². The van der Waals surface area contributed by atoms with Gasteiger partial charge in [-0.25, -0.2) is 0 Å². The van der Waals surface area contributed by atoms with Gasteiger partial charge in [0.25, 0.3) is 0 Å². The van der Waals surface area contributed by atoms with Crippen LogP contribution in [0.15, 0.2) is 54.9 Å². The van der Waals surface area contributed by atoms with Crippen molar-refractivity contribution in [3.8, 4) is 5.75 Å². The molecule has 4 nitrogen and oxygen atoms in total. The summed E-state index contributed by atoms with van der Waals surface area (Å²) >= 11 is 0. The minimum absolute atomic E-state index is 0.0561. The van der Waals surface area contributed by atoms with Crippen LogP contribution in [0.2, 0.25) is 0 Å². The maximum atomic E-state index is 11.9. The summed E-state index contributed by atoms with van der Waals surface area (Å²) in [6.07, 6.45) is 6.56. The fourth-order valence-corrected chi connectivity index (χ4v) is 1.80. The molecule has 1 aromatic heterocycles. The summed E-state index contributed by atoms with van der Waals surface area (Å²) in [6, 6.07) is 11.2. The quantitative estimate of drug-likeness (QED) is 0.582. The molecule has 0 radical (unpaired) electrons. The second-order valence-corrected chi connectivity index (χ2v) is 5.16.